The van der Waals surface area contributed by atoms with Crippen LogP contribution in [0, 0.1) is 5.92 Å². The Hall–Kier alpha value is -2.38. The van der Waals surface area contributed by atoms with Gasteiger partial charge in [-0.1, -0.05) is 25.4 Å². The van der Waals surface area contributed by atoms with Crippen LogP contribution in [0.5, 0.6) is 0 Å². The van der Waals surface area contributed by atoms with Gasteiger partial charge in [-0.2, -0.15) is 5.10 Å². The van der Waals surface area contributed by atoms with E-state index in [9.17, 15) is 9.59 Å². The van der Waals surface area contributed by atoms with Crippen LogP contribution < -0.4 is 11.1 Å². The zero-order valence-corrected chi connectivity index (χ0v) is 18.4. The normalized spacial score (nSPS) is 17.3. The van der Waals surface area contributed by atoms with E-state index in [0.717, 1.165) is 43.7 Å². The second-order valence-corrected chi connectivity index (χ2v) is 8.57. The third-order valence-electron chi connectivity index (χ3n) is 5.51. The Labute approximate surface area is 182 Å². The predicted octanol–water partition coefficient (Wildman–Crippen LogP) is 2.97. The highest BCUT2D eigenvalue weighted by atomic mass is 35.5. The summed E-state index contributed by atoms with van der Waals surface area (Å²) in [6.07, 6.45) is 4.31. The molecule has 8 heteroatoms. The highest BCUT2D eigenvalue weighted by Crippen LogP contribution is 2.24. The fraction of sp³-hybridized carbons (Fsp3) is 0.500. The largest absolute Gasteiger partial charge is 0.369 e. The first kappa shape index (κ1) is 22.3. The second kappa shape index (κ2) is 10.1. The summed E-state index contributed by atoms with van der Waals surface area (Å²) in [6.45, 7) is 7.19. The van der Waals surface area contributed by atoms with Gasteiger partial charge in [0.05, 0.1) is 29.1 Å². The number of primary amides is 1. The van der Waals surface area contributed by atoms with E-state index in [2.05, 4.69) is 15.3 Å². The van der Waals surface area contributed by atoms with E-state index in [4.69, 9.17) is 17.3 Å². The highest BCUT2D eigenvalue weighted by molar-refractivity contribution is 6.30. The molecule has 1 fully saturated rings. The van der Waals surface area contributed by atoms with Crippen molar-refractivity contribution in [3.8, 4) is 5.69 Å². The van der Waals surface area contributed by atoms with Crippen molar-refractivity contribution in [2.24, 2.45) is 11.7 Å². The third kappa shape index (κ3) is 5.40. The van der Waals surface area contributed by atoms with Crippen LogP contribution in [0.3, 0.4) is 0 Å². The number of nitrogens with one attached hydrogen (secondary N) is 1. The molecule has 2 amide bonds. The molecule has 162 valence electrons. The number of hydrogen-bond donors (Lipinski definition) is 2. The Morgan fingerprint density at radius 1 is 1.30 bits per heavy atom. The zero-order valence-electron chi connectivity index (χ0n) is 17.6. The molecule has 30 heavy (non-hydrogen) atoms. The molecule has 2 aromatic rings. The van der Waals surface area contributed by atoms with Crippen LogP contribution in [0.15, 0.2) is 30.5 Å². The summed E-state index contributed by atoms with van der Waals surface area (Å²) in [5.74, 6) is -0.261. The third-order valence-corrected chi connectivity index (χ3v) is 5.77. The number of likely N-dealkylation sites (tertiary alicyclic amines) is 1. The van der Waals surface area contributed by atoms with Gasteiger partial charge in [-0.05, 0) is 62.5 Å². The van der Waals surface area contributed by atoms with Gasteiger partial charge in [0.25, 0.3) is 5.91 Å². The Morgan fingerprint density at radius 2 is 2.03 bits per heavy atom. The van der Waals surface area contributed by atoms with E-state index in [1.54, 1.807) is 10.9 Å². The van der Waals surface area contributed by atoms with Gasteiger partial charge < -0.3 is 16.0 Å². The fourth-order valence-corrected chi connectivity index (χ4v) is 4.09. The minimum absolute atomic E-state index is 0.0550. The number of amides is 2. The molecule has 3 rings (SSSR count). The number of nitrogens with zero attached hydrogens (tertiary/aromatic N) is 3. The molecule has 1 aromatic heterocycles. The number of benzene rings is 1. The Kier molecular flexibility index (Phi) is 7.50. The summed E-state index contributed by atoms with van der Waals surface area (Å²) in [7, 11) is 0. The van der Waals surface area contributed by atoms with E-state index in [1.807, 2.05) is 38.1 Å². The molecule has 1 aromatic carbocycles. The Balaban J connectivity index is 1.58. The second-order valence-electron chi connectivity index (χ2n) is 8.14. The highest BCUT2D eigenvalue weighted by Gasteiger charge is 2.24. The molecule has 1 saturated heterocycles. The van der Waals surface area contributed by atoms with Gasteiger partial charge in [0.1, 0.15) is 0 Å². The maximum Gasteiger partial charge on any atom is 0.254 e. The van der Waals surface area contributed by atoms with Crippen LogP contribution in [0.1, 0.15) is 55.1 Å². The zero-order chi connectivity index (χ0) is 21.7. The first-order chi connectivity index (χ1) is 14.4. The van der Waals surface area contributed by atoms with Gasteiger partial charge in [0.15, 0.2) is 0 Å². The topological polar surface area (TPSA) is 93.2 Å². The number of rotatable bonds is 8. The lowest BCUT2D eigenvalue weighted by molar-refractivity contribution is -0.123. The van der Waals surface area contributed by atoms with Crippen molar-refractivity contribution >= 4 is 23.4 Å². The lowest BCUT2D eigenvalue weighted by Crippen LogP contribution is -2.42. The minimum Gasteiger partial charge on any atom is -0.369 e. The van der Waals surface area contributed by atoms with Crippen molar-refractivity contribution in [3.63, 3.8) is 0 Å². The van der Waals surface area contributed by atoms with Crippen LogP contribution >= 0.6 is 11.6 Å². The quantitative estimate of drug-likeness (QED) is 0.628. The van der Waals surface area contributed by atoms with Crippen LogP contribution in [-0.4, -0.2) is 52.7 Å². The van der Waals surface area contributed by atoms with Crippen molar-refractivity contribution in [2.75, 3.05) is 26.2 Å². The summed E-state index contributed by atoms with van der Waals surface area (Å²) in [5.41, 5.74) is 7.77. The van der Waals surface area contributed by atoms with Gasteiger partial charge in [0.2, 0.25) is 5.91 Å². The first-order valence-electron chi connectivity index (χ1n) is 10.5. The number of carbonyl (C=O) groups excluding carboxylic acids is 2. The molecule has 3 N–H and O–H groups in total. The number of carbonyl (C=O) groups is 2. The van der Waals surface area contributed by atoms with Crippen molar-refractivity contribution in [1.29, 1.82) is 0 Å². The summed E-state index contributed by atoms with van der Waals surface area (Å²) in [4.78, 5) is 26.5. The monoisotopic (exact) mass is 431 g/mol. The van der Waals surface area contributed by atoms with Gasteiger partial charge >= 0.3 is 0 Å². The molecule has 1 atom stereocenters. The lowest BCUT2D eigenvalue weighted by Gasteiger charge is -2.31. The number of halogens is 1. The number of hydrogen-bond acceptors (Lipinski definition) is 4. The van der Waals surface area contributed by atoms with Crippen LogP contribution in [0.25, 0.3) is 5.69 Å². The summed E-state index contributed by atoms with van der Waals surface area (Å²) < 4.78 is 1.80. The van der Waals surface area contributed by atoms with E-state index in [-0.39, 0.29) is 23.7 Å². The number of nitrogens with two attached hydrogens (primary N) is 1. The molecule has 7 nitrogen and oxygen atoms in total. The maximum atomic E-state index is 12.8. The van der Waals surface area contributed by atoms with Gasteiger partial charge in [-0.25, -0.2) is 4.68 Å². The maximum absolute atomic E-state index is 12.8. The SMILES string of the molecule is CC(C)c1c(C(=O)NCCCN2CCCC(C(N)=O)C2)cnn1-c1ccc(Cl)cc1. The molecule has 0 spiro atoms. The average molecular weight is 432 g/mol. The molecule has 0 radical (unpaired) electrons. The van der Waals surface area contributed by atoms with Crippen LogP contribution in [0.2, 0.25) is 5.02 Å². The Bertz CT molecular complexity index is 878. The van der Waals surface area contributed by atoms with Crippen LogP contribution in [0.4, 0.5) is 0 Å². The van der Waals surface area contributed by atoms with Gasteiger partial charge in [-0.3, -0.25) is 9.59 Å². The van der Waals surface area contributed by atoms with Crippen molar-refractivity contribution in [3.05, 3.63) is 46.7 Å². The predicted molar refractivity (Wildman–Crippen MR) is 118 cm³/mol. The molecule has 0 aliphatic carbocycles. The molecular weight excluding hydrogens is 402 g/mol. The number of aromatic nitrogens is 2. The molecule has 1 aliphatic rings. The van der Waals surface area contributed by atoms with Crippen LogP contribution in [-0.2, 0) is 4.79 Å². The minimum atomic E-state index is -0.216. The molecule has 0 bridgehead atoms. The Morgan fingerprint density at radius 3 is 2.70 bits per heavy atom. The van der Waals surface area contributed by atoms with E-state index in [1.165, 1.54) is 0 Å². The number of piperidine rings is 1. The van der Waals surface area contributed by atoms with E-state index < -0.39 is 0 Å². The molecule has 2 heterocycles. The van der Waals surface area contributed by atoms with E-state index in [0.29, 0.717) is 23.7 Å². The standard InChI is InChI=1S/C22H30ClN5O2/c1-15(2)20-19(13-26-28(20)18-8-6-17(23)7-9-18)22(30)25-10-4-12-27-11-3-5-16(14-27)21(24)29/h6-9,13,15-16H,3-5,10-12,14H2,1-2H3,(H2,24,29)(H,25,30). The molecule has 1 unspecified atom stereocenters. The summed E-state index contributed by atoms with van der Waals surface area (Å²) in [6, 6.07) is 7.40. The first-order valence-corrected chi connectivity index (χ1v) is 10.9. The molecule has 0 saturated carbocycles. The van der Waals surface area contributed by atoms with Gasteiger partial charge in [0, 0.05) is 18.1 Å². The fourth-order valence-electron chi connectivity index (χ4n) is 3.97. The van der Waals surface area contributed by atoms with Crippen molar-refractivity contribution in [1.82, 2.24) is 20.0 Å². The smallest absolute Gasteiger partial charge is 0.254 e. The summed E-state index contributed by atoms with van der Waals surface area (Å²) in [5, 5.41) is 8.11. The average Bonchev–Trinajstić information content (AvgIpc) is 3.17. The van der Waals surface area contributed by atoms with Gasteiger partial charge in [-0.15, -0.1) is 0 Å². The molecule has 1 aliphatic heterocycles. The lowest BCUT2D eigenvalue weighted by atomic mass is 9.97. The van der Waals surface area contributed by atoms with Crippen molar-refractivity contribution in [2.45, 2.75) is 39.0 Å². The summed E-state index contributed by atoms with van der Waals surface area (Å²) >= 11 is 5.99. The molecular formula is C22H30ClN5O2. The van der Waals surface area contributed by atoms with E-state index >= 15 is 0 Å². The van der Waals surface area contributed by atoms with Crippen molar-refractivity contribution < 1.29 is 9.59 Å².